The summed E-state index contributed by atoms with van der Waals surface area (Å²) < 4.78 is 11.1. The number of carbonyl (C=O) groups is 1. The average molecular weight is 362 g/mol. The van der Waals surface area contributed by atoms with Crippen LogP contribution in [0.5, 0.6) is 11.5 Å². The van der Waals surface area contributed by atoms with Gasteiger partial charge in [-0.2, -0.15) is 0 Å². The number of nitrogens with zero attached hydrogens (tertiary/aromatic N) is 1. The van der Waals surface area contributed by atoms with Crippen LogP contribution in [0.15, 0.2) is 42.5 Å². The van der Waals surface area contributed by atoms with E-state index in [-0.39, 0.29) is 12.5 Å². The lowest BCUT2D eigenvalue weighted by atomic mass is 10.1. The first-order valence-corrected chi connectivity index (χ1v) is 9.12. The van der Waals surface area contributed by atoms with Gasteiger partial charge in [0.25, 0.3) is 5.91 Å². The van der Waals surface area contributed by atoms with Crippen LogP contribution in [0.3, 0.4) is 0 Å². The second kappa shape index (κ2) is 7.27. The van der Waals surface area contributed by atoms with Crippen molar-refractivity contribution in [1.82, 2.24) is 4.98 Å². The average Bonchev–Trinajstić information content (AvgIpc) is 3.13. The first-order chi connectivity index (χ1) is 13.1. The molecular formula is C22H22N2O3. The Bertz CT molecular complexity index is 1010. The normalized spacial score (nSPS) is 12.7. The molecule has 2 aromatic carbocycles. The molecule has 0 radical (unpaired) electrons. The molecule has 5 heteroatoms. The number of benzene rings is 2. The molecule has 1 amide bonds. The van der Waals surface area contributed by atoms with E-state index in [9.17, 15) is 4.79 Å². The van der Waals surface area contributed by atoms with Crippen LogP contribution >= 0.6 is 0 Å². The highest BCUT2D eigenvalue weighted by Crippen LogP contribution is 2.29. The molecule has 5 nitrogen and oxygen atoms in total. The number of ether oxygens (including phenoxy) is 2. The zero-order valence-corrected chi connectivity index (χ0v) is 15.5. The molecule has 0 unspecified atom stereocenters. The van der Waals surface area contributed by atoms with Gasteiger partial charge in [-0.25, -0.2) is 0 Å². The highest BCUT2D eigenvalue weighted by atomic mass is 16.5. The van der Waals surface area contributed by atoms with Gasteiger partial charge >= 0.3 is 0 Å². The summed E-state index contributed by atoms with van der Waals surface area (Å²) in [6.07, 6.45) is 3.40. The fourth-order valence-electron chi connectivity index (χ4n) is 3.54. The van der Waals surface area contributed by atoms with E-state index in [4.69, 9.17) is 9.47 Å². The van der Waals surface area contributed by atoms with E-state index in [0.717, 1.165) is 40.9 Å². The van der Waals surface area contributed by atoms with Gasteiger partial charge in [-0.3, -0.25) is 9.78 Å². The van der Waals surface area contributed by atoms with E-state index in [1.165, 1.54) is 17.5 Å². The monoisotopic (exact) mass is 362 g/mol. The van der Waals surface area contributed by atoms with Crippen molar-refractivity contribution in [2.45, 2.75) is 26.2 Å². The number of aryl methyl sites for hydroxylation is 3. The van der Waals surface area contributed by atoms with Crippen LogP contribution in [-0.2, 0) is 17.6 Å². The van der Waals surface area contributed by atoms with Crippen LogP contribution in [0, 0.1) is 6.92 Å². The Morgan fingerprint density at radius 1 is 1.11 bits per heavy atom. The number of nitrogens with one attached hydrogen (secondary N) is 1. The number of hydrogen-bond acceptors (Lipinski definition) is 4. The highest BCUT2D eigenvalue weighted by Gasteiger charge is 2.13. The minimum atomic E-state index is -0.182. The van der Waals surface area contributed by atoms with Gasteiger partial charge in [-0.1, -0.05) is 6.07 Å². The smallest absolute Gasteiger partial charge is 0.262 e. The van der Waals surface area contributed by atoms with Crippen molar-refractivity contribution in [3.05, 3.63) is 59.3 Å². The van der Waals surface area contributed by atoms with Crippen LogP contribution in [0.2, 0.25) is 0 Å². The zero-order valence-electron chi connectivity index (χ0n) is 15.5. The van der Waals surface area contributed by atoms with Crippen molar-refractivity contribution in [2.24, 2.45) is 0 Å². The Morgan fingerprint density at radius 3 is 2.81 bits per heavy atom. The quantitative estimate of drug-likeness (QED) is 0.744. The standard InChI is InChI=1S/C22H22N2O3/c1-14-10-21(19-12-18(26-2)8-9-20(19)23-14)27-13-22(25)24-17-7-6-15-4-3-5-16(15)11-17/h6-12H,3-5,13H2,1-2H3,(H,24,25). The molecule has 27 heavy (non-hydrogen) atoms. The summed E-state index contributed by atoms with van der Waals surface area (Å²) in [5, 5.41) is 3.75. The van der Waals surface area contributed by atoms with E-state index in [2.05, 4.69) is 22.4 Å². The van der Waals surface area contributed by atoms with Gasteiger partial charge in [-0.15, -0.1) is 0 Å². The lowest BCUT2D eigenvalue weighted by Gasteiger charge is -2.12. The maximum atomic E-state index is 12.4. The molecule has 4 rings (SSSR count). The Kier molecular flexibility index (Phi) is 4.67. The first kappa shape index (κ1) is 17.3. The summed E-state index contributed by atoms with van der Waals surface area (Å²) in [7, 11) is 1.62. The van der Waals surface area contributed by atoms with Gasteiger partial charge in [0, 0.05) is 22.8 Å². The Balaban J connectivity index is 1.48. The minimum Gasteiger partial charge on any atom is -0.497 e. The Labute approximate surface area is 158 Å². The van der Waals surface area contributed by atoms with Crippen LogP contribution in [-0.4, -0.2) is 24.6 Å². The van der Waals surface area contributed by atoms with Crippen molar-refractivity contribution >= 4 is 22.5 Å². The summed E-state index contributed by atoms with van der Waals surface area (Å²) in [6.45, 7) is 1.84. The summed E-state index contributed by atoms with van der Waals surface area (Å²) in [5.74, 6) is 1.17. The predicted molar refractivity (Wildman–Crippen MR) is 106 cm³/mol. The number of aromatic nitrogens is 1. The highest BCUT2D eigenvalue weighted by molar-refractivity contribution is 5.93. The van der Waals surface area contributed by atoms with Crippen molar-refractivity contribution in [3.63, 3.8) is 0 Å². The maximum Gasteiger partial charge on any atom is 0.262 e. The van der Waals surface area contributed by atoms with Gasteiger partial charge < -0.3 is 14.8 Å². The van der Waals surface area contributed by atoms with Gasteiger partial charge in [0.1, 0.15) is 11.5 Å². The Hall–Kier alpha value is -3.08. The second-order valence-corrected chi connectivity index (χ2v) is 6.82. The van der Waals surface area contributed by atoms with E-state index < -0.39 is 0 Å². The topological polar surface area (TPSA) is 60.5 Å². The molecule has 138 valence electrons. The van der Waals surface area contributed by atoms with E-state index in [1.54, 1.807) is 7.11 Å². The SMILES string of the molecule is COc1ccc2nc(C)cc(OCC(=O)Nc3ccc4c(c3)CCC4)c2c1. The fourth-order valence-corrected chi connectivity index (χ4v) is 3.54. The predicted octanol–water partition coefficient (Wildman–Crippen LogP) is 4.06. The minimum absolute atomic E-state index is 0.0627. The Morgan fingerprint density at radius 2 is 1.96 bits per heavy atom. The zero-order chi connectivity index (χ0) is 18.8. The van der Waals surface area contributed by atoms with Crippen molar-refractivity contribution in [2.75, 3.05) is 19.0 Å². The molecule has 3 aromatic rings. The summed E-state index contributed by atoms with van der Waals surface area (Å²) in [6, 6.07) is 13.6. The molecule has 0 saturated carbocycles. The van der Waals surface area contributed by atoms with E-state index in [0.29, 0.717) is 5.75 Å². The van der Waals surface area contributed by atoms with Crippen molar-refractivity contribution < 1.29 is 14.3 Å². The maximum absolute atomic E-state index is 12.4. The van der Waals surface area contributed by atoms with Crippen LogP contribution < -0.4 is 14.8 Å². The molecule has 0 aliphatic heterocycles. The molecule has 0 spiro atoms. The number of carbonyl (C=O) groups excluding carboxylic acids is 1. The van der Waals surface area contributed by atoms with Gasteiger partial charge in [-0.05, 0) is 67.6 Å². The van der Waals surface area contributed by atoms with Gasteiger partial charge in [0.15, 0.2) is 6.61 Å². The molecule has 0 bridgehead atoms. The third-order valence-electron chi connectivity index (χ3n) is 4.85. The lowest BCUT2D eigenvalue weighted by molar-refractivity contribution is -0.118. The van der Waals surface area contributed by atoms with E-state index >= 15 is 0 Å². The number of fused-ring (bicyclic) bond motifs is 2. The summed E-state index contributed by atoms with van der Waals surface area (Å²) in [5.41, 5.74) is 5.18. The second-order valence-electron chi connectivity index (χ2n) is 6.82. The number of hydrogen-bond donors (Lipinski definition) is 1. The van der Waals surface area contributed by atoms with Crippen LogP contribution in [0.4, 0.5) is 5.69 Å². The molecule has 0 fully saturated rings. The third kappa shape index (κ3) is 3.72. The molecule has 0 atom stereocenters. The molecule has 1 heterocycles. The number of rotatable bonds is 5. The van der Waals surface area contributed by atoms with Crippen LogP contribution in [0.1, 0.15) is 23.2 Å². The molecule has 1 aliphatic carbocycles. The van der Waals surface area contributed by atoms with E-state index in [1.807, 2.05) is 37.3 Å². The largest absolute Gasteiger partial charge is 0.497 e. The number of anilines is 1. The third-order valence-corrected chi connectivity index (χ3v) is 4.85. The number of amides is 1. The van der Waals surface area contributed by atoms with Crippen molar-refractivity contribution in [3.8, 4) is 11.5 Å². The molecular weight excluding hydrogens is 340 g/mol. The van der Waals surface area contributed by atoms with Crippen molar-refractivity contribution in [1.29, 1.82) is 0 Å². The molecule has 1 N–H and O–H groups in total. The molecule has 1 aromatic heterocycles. The molecule has 0 saturated heterocycles. The summed E-state index contributed by atoms with van der Waals surface area (Å²) >= 11 is 0. The number of methoxy groups -OCH3 is 1. The lowest BCUT2D eigenvalue weighted by Crippen LogP contribution is -2.20. The summed E-state index contributed by atoms with van der Waals surface area (Å²) in [4.78, 5) is 16.9. The van der Waals surface area contributed by atoms with Gasteiger partial charge in [0.05, 0.1) is 12.6 Å². The van der Waals surface area contributed by atoms with Crippen LogP contribution in [0.25, 0.3) is 10.9 Å². The molecule has 1 aliphatic rings. The van der Waals surface area contributed by atoms with Gasteiger partial charge in [0.2, 0.25) is 0 Å². The first-order valence-electron chi connectivity index (χ1n) is 9.12. The fraction of sp³-hybridized carbons (Fsp3) is 0.273. The number of pyridine rings is 1.